The summed E-state index contributed by atoms with van der Waals surface area (Å²) in [5, 5.41) is 0.713. The number of nitrogens with zero attached hydrogens (tertiary/aromatic N) is 2. The van der Waals surface area contributed by atoms with Crippen LogP contribution in [0.15, 0.2) is 17.3 Å². The maximum absolute atomic E-state index is 5.86. The molecule has 1 fully saturated rings. The molecule has 3 heteroatoms. The first-order valence-corrected chi connectivity index (χ1v) is 4.39. The summed E-state index contributed by atoms with van der Waals surface area (Å²) in [6.45, 7) is 0. The summed E-state index contributed by atoms with van der Waals surface area (Å²) in [4.78, 5) is 8.43. The Morgan fingerprint density at radius 3 is 3.00 bits per heavy atom. The standard InChI is InChI=1S/C9H7ClN2/c10-6-3-7-8(11-4-6)12-5-9(7)1-2-9/h3-5H,1-2H2. The van der Waals surface area contributed by atoms with Crippen molar-refractivity contribution < 1.29 is 0 Å². The van der Waals surface area contributed by atoms with Crippen LogP contribution in [0.1, 0.15) is 18.4 Å². The van der Waals surface area contributed by atoms with E-state index < -0.39 is 0 Å². The first-order valence-electron chi connectivity index (χ1n) is 4.01. The molecule has 60 valence electrons. The third kappa shape index (κ3) is 0.707. The SMILES string of the molecule is Clc1cnc2c(c1)C1(C=N2)CC1. The lowest BCUT2D eigenvalue weighted by Gasteiger charge is -2.03. The van der Waals surface area contributed by atoms with Gasteiger partial charge in [-0.25, -0.2) is 9.98 Å². The molecule has 1 saturated carbocycles. The Balaban J connectivity index is 2.25. The van der Waals surface area contributed by atoms with Gasteiger partial charge in [0.15, 0.2) is 5.82 Å². The average molecular weight is 179 g/mol. The van der Waals surface area contributed by atoms with Crippen molar-refractivity contribution in [3.8, 4) is 0 Å². The highest BCUT2D eigenvalue weighted by molar-refractivity contribution is 6.30. The van der Waals surface area contributed by atoms with E-state index in [9.17, 15) is 0 Å². The second kappa shape index (κ2) is 1.88. The van der Waals surface area contributed by atoms with E-state index in [2.05, 4.69) is 9.98 Å². The lowest BCUT2D eigenvalue weighted by Crippen LogP contribution is -2.02. The molecule has 12 heavy (non-hydrogen) atoms. The number of hydrogen-bond donors (Lipinski definition) is 0. The van der Waals surface area contributed by atoms with Gasteiger partial charge >= 0.3 is 0 Å². The van der Waals surface area contributed by atoms with Crippen molar-refractivity contribution >= 4 is 23.6 Å². The van der Waals surface area contributed by atoms with Gasteiger partial charge in [0, 0.05) is 23.4 Å². The summed E-state index contributed by atoms with van der Waals surface area (Å²) in [5.74, 6) is 0.858. The highest BCUT2D eigenvalue weighted by atomic mass is 35.5. The predicted octanol–water partition coefficient (Wildman–Crippen LogP) is 2.48. The monoisotopic (exact) mass is 178 g/mol. The van der Waals surface area contributed by atoms with E-state index in [4.69, 9.17) is 11.6 Å². The quantitative estimate of drug-likeness (QED) is 0.599. The molecule has 0 aromatic carbocycles. The van der Waals surface area contributed by atoms with E-state index in [1.165, 1.54) is 18.4 Å². The minimum atomic E-state index is 0.229. The molecular weight excluding hydrogens is 172 g/mol. The summed E-state index contributed by atoms with van der Waals surface area (Å²) in [5.41, 5.74) is 1.45. The molecule has 0 atom stereocenters. The number of pyridine rings is 1. The van der Waals surface area contributed by atoms with Crippen molar-refractivity contribution in [3.63, 3.8) is 0 Å². The van der Waals surface area contributed by atoms with Crippen molar-refractivity contribution in [2.75, 3.05) is 0 Å². The van der Waals surface area contributed by atoms with Gasteiger partial charge in [-0.05, 0) is 18.9 Å². The zero-order valence-corrected chi connectivity index (χ0v) is 7.17. The molecule has 0 saturated heterocycles. The fourth-order valence-electron chi connectivity index (χ4n) is 1.69. The summed E-state index contributed by atoms with van der Waals surface area (Å²) >= 11 is 5.86. The minimum absolute atomic E-state index is 0.229. The summed E-state index contributed by atoms with van der Waals surface area (Å²) in [6.07, 6.45) is 6.07. The van der Waals surface area contributed by atoms with E-state index >= 15 is 0 Å². The molecule has 1 aromatic heterocycles. The third-order valence-corrected chi connectivity index (χ3v) is 2.80. The molecule has 1 aliphatic heterocycles. The topological polar surface area (TPSA) is 25.2 Å². The maximum atomic E-state index is 5.86. The molecule has 1 spiro atoms. The Bertz CT molecular complexity index is 380. The maximum Gasteiger partial charge on any atom is 0.155 e. The van der Waals surface area contributed by atoms with Crippen LogP contribution in [0.4, 0.5) is 5.82 Å². The van der Waals surface area contributed by atoms with E-state index in [0.29, 0.717) is 5.02 Å². The van der Waals surface area contributed by atoms with Gasteiger partial charge in [0.05, 0.1) is 5.02 Å². The van der Waals surface area contributed by atoms with Crippen LogP contribution in [0.3, 0.4) is 0 Å². The molecule has 2 heterocycles. The zero-order valence-electron chi connectivity index (χ0n) is 6.42. The number of rotatable bonds is 0. The van der Waals surface area contributed by atoms with Crippen molar-refractivity contribution in [3.05, 3.63) is 22.8 Å². The molecule has 0 bridgehead atoms. The summed E-state index contributed by atoms with van der Waals surface area (Å²) in [7, 11) is 0. The molecular formula is C9H7ClN2. The molecule has 2 nitrogen and oxygen atoms in total. The van der Waals surface area contributed by atoms with Gasteiger partial charge in [0.2, 0.25) is 0 Å². The third-order valence-electron chi connectivity index (χ3n) is 2.59. The molecule has 0 unspecified atom stereocenters. The highest BCUT2D eigenvalue weighted by Gasteiger charge is 2.47. The van der Waals surface area contributed by atoms with Crippen molar-refractivity contribution in [2.45, 2.75) is 18.3 Å². The van der Waals surface area contributed by atoms with Crippen LogP contribution < -0.4 is 0 Å². The number of aromatic nitrogens is 1. The first-order chi connectivity index (χ1) is 5.80. The van der Waals surface area contributed by atoms with Gasteiger partial charge in [0.25, 0.3) is 0 Å². The Hall–Kier alpha value is -0.890. The number of halogens is 1. The van der Waals surface area contributed by atoms with Crippen molar-refractivity contribution in [1.82, 2.24) is 4.98 Å². The molecule has 0 radical (unpaired) electrons. The van der Waals surface area contributed by atoms with Gasteiger partial charge in [-0.3, -0.25) is 0 Å². The highest BCUT2D eigenvalue weighted by Crippen LogP contribution is 2.53. The second-order valence-electron chi connectivity index (χ2n) is 3.44. The van der Waals surface area contributed by atoms with Gasteiger partial charge < -0.3 is 0 Å². The Kier molecular flexibility index (Phi) is 1.04. The van der Waals surface area contributed by atoms with Crippen LogP contribution in [-0.4, -0.2) is 11.2 Å². The van der Waals surface area contributed by atoms with Crippen LogP contribution in [0.2, 0.25) is 5.02 Å². The van der Waals surface area contributed by atoms with Gasteiger partial charge in [0.1, 0.15) is 0 Å². The fourth-order valence-corrected chi connectivity index (χ4v) is 1.85. The van der Waals surface area contributed by atoms with Gasteiger partial charge in [-0.1, -0.05) is 11.6 Å². The van der Waals surface area contributed by atoms with Crippen LogP contribution in [0.25, 0.3) is 0 Å². The number of hydrogen-bond acceptors (Lipinski definition) is 2. The van der Waals surface area contributed by atoms with E-state index in [1.807, 2.05) is 12.3 Å². The lowest BCUT2D eigenvalue weighted by atomic mass is 10.0. The van der Waals surface area contributed by atoms with E-state index in [1.54, 1.807) is 6.20 Å². The second-order valence-corrected chi connectivity index (χ2v) is 3.88. The molecule has 3 rings (SSSR count). The summed E-state index contributed by atoms with van der Waals surface area (Å²) in [6, 6.07) is 1.99. The molecule has 1 aromatic rings. The Morgan fingerprint density at radius 2 is 2.25 bits per heavy atom. The fraction of sp³-hybridized carbons (Fsp3) is 0.333. The normalized spacial score (nSPS) is 21.4. The largest absolute Gasteiger partial charge is 0.240 e. The Labute approximate surface area is 75.3 Å². The number of aliphatic imine (C=N–C) groups is 1. The predicted molar refractivity (Wildman–Crippen MR) is 48.3 cm³/mol. The zero-order chi connectivity index (χ0) is 8.18. The lowest BCUT2D eigenvalue weighted by molar-refractivity contribution is 0.995. The van der Waals surface area contributed by atoms with Crippen molar-refractivity contribution in [1.29, 1.82) is 0 Å². The van der Waals surface area contributed by atoms with Gasteiger partial charge in [-0.2, -0.15) is 0 Å². The van der Waals surface area contributed by atoms with Crippen molar-refractivity contribution in [2.24, 2.45) is 4.99 Å². The molecule has 0 N–H and O–H groups in total. The first kappa shape index (κ1) is 6.61. The molecule has 2 aliphatic rings. The van der Waals surface area contributed by atoms with Crippen LogP contribution >= 0.6 is 11.6 Å². The van der Waals surface area contributed by atoms with Crippen LogP contribution in [0, 0.1) is 0 Å². The Morgan fingerprint density at radius 1 is 1.42 bits per heavy atom. The number of fused-ring (bicyclic) bond motifs is 2. The smallest absolute Gasteiger partial charge is 0.155 e. The average Bonchev–Trinajstić information content (AvgIpc) is 2.74. The van der Waals surface area contributed by atoms with Gasteiger partial charge in [-0.15, -0.1) is 0 Å². The van der Waals surface area contributed by atoms with E-state index in [0.717, 1.165) is 5.82 Å². The molecule has 1 aliphatic carbocycles. The van der Waals surface area contributed by atoms with E-state index in [-0.39, 0.29) is 5.41 Å². The van der Waals surface area contributed by atoms with Crippen LogP contribution in [0.5, 0.6) is 0 Å². The molecule has 0 amide bonds. The summed E-state index contributed by atoms with van der Waals surface area (Å²) < 4.78 is 0. The van der Waals surface area contributed by atoms with Crippen LogP contribution in [-0.2, 0) is 5.41 Å². The minimum Gasteiger partial charge on any atom is -0.240 e.